The second-order valence-electron chi connectivity index (χ2n) is 6.56. The molecule has 146 valence electrons. The monoisotopic (exact) mass is 399 g/mol. The zero-order valence-electron chi connectivity index (χ0n) is 15.8. The lowest BCUT2D eigenvalue weighted by atomic mass is 10.1. The number of hydrogen-bond acceptors (Lipinski definition) is 4. The number of aliphatic hydroxyl groups excluding tert-OH is 1. The molecule has 3 aromatic rings. The molecule has 0 aliphatic rings. The molecular weight excluding hydrogens is 377 g/mol. The third-order valence-electron chi connectivity index (χ3n) is 4.32. The van der Waals surface area contributed by atoms with Gasteiger partial charge in [-0.05, 0) is 48.7 Å². The van der Waals surface area contributed by atoms with Crippen LogP contribution in [0.1, 0.15) is 22.4 Å². The van der Waals surface area contributed by atoms with Crippen LogP contribution in [-0.2, 0) is 17.9 Å². The number of imidazole rings is 1. The normalized spacial score (nSPS) is 10.9. The van der Waals surface area contributed by atoms with Gasteiger partial charge in [-0.2, -0.15) is 0 Å². The summed E-state index contributed by atoms with van der Waals surface area (Å²) < 4.78 is 15.0. The molecule has 28 heavy (non-hydrogen) atoms. The maximum atomic E-state index is 13.1. The van der Waals surface area contributed by atoms with Gasteiger partial charge in [-0.1, -0.05) is 36.0 Å². The summed E-state index contributed by atoms with van der Waals surface area (Å²) in [6.45, 7) is 4.21. The summed E-state index contributed by atoms with van der Waals surface area (Å²) in [5.41, 5.74) is 4.41. The van der Waals surface area contributed by atoms with E-state index in [4.69, 9.17) is 0 Å². The minimum atomic E-state index is -0.297. The Kier molecular flexibility index (Phi) is 6.49. The first-order valence-corrected chi connectivity index (χ1v) is 9.84. The number of rotatable bonds is 7. The van der Waals surface area contributed by atoms with Crippen molar-refractivity contribution >= 4 is 23.4 Å². The van der Waals surface area contributed by atoms with Gasteiger partial charge in [-0.25, -0.2) is 9.37 Å². The molecule has 0 radical (unpaired) electrons. The van der Waals surface area contributed by atoms with Crippen molar-refractivity contribution in [3.8, 4) is 0 Å². The van der Waals surface area contributed by atoms with Gasteiger partial charge >= 0.3 is 0 Å². The molecule has 0 saturated carbocycles. The van der Waals surface area contributed by atoms with E-state index in [1.54, 1.807) is 18.3 Å². The van der Waals surface area contributed by atoms with Crippen molar-refractivity contribution in [1.29, 1.82) is 0 Å². The van der Waals surface area contributed by atoms with Crippen LogP contribution in [0.3, 0.4) is 0 Å². The zero-order valence-corrected chi connectivity index (χ0v) is 16.6. The van der Waals surface area contributed by atoms with Crippen LogP contribution in [0.15, 0.2) is 53.8 Å². The van der Waals surface area contributed by atoms with Crippen molar-refractivity contribution in [2.24, 2.45) is 0 Å². The first kappa shape index (κ1) is 20.1. The lowest BCUT2D eigenvalue weighted by Gasteiger charge is -2.12. The van der Waals surface area contributed by atoms with Crippen molar-refractivity contribution in [1.82, 2.24) is 9.55 Å². The Morgan fingerprint density at radius 2 is 1.96 bits per heavy atom. The van der Waals surface area contributed by atoms with E-state index < -0.39 is 0 Å². The summed E-state index contributed by atoms with van der Waals surface area (Å²) in [5.74, 6) is -0.228. The van der Waals surface area contributed by atoms with Gasteiger partial charge in [-0.3, -0.25) is 4.79 Å². The van der Waals surface area contributed by atoms with E-state index in [1.807, 2.05) is 36.6 Å². The van der Waals surface area contributed by atoms with Crippen LogP contribution < -0.4 is 5.32 Å². The standard InChI is InChI=1S/C21H22FN3O2S/c1-14-3-4-15(2)19(9-14)24-20(27)13-28-21-23-10-18(12-26)25(21)11-16-5-7-17(22)8-6-16/h3-10,26H,11-13H2,1-2H3,(H,24,27). The molecule has 0 saturated heterocycles. The largest absolute Gasteiger partial charge is 0.390 e. The smallest absolute Gasteiger partial charge is 0.234 e. The third-order valence-corrected chi connectivity index (χ3v) is 5.31. The molecule has 0 bridgehead atoms. The Morgan fingerprint density at radius 3 is 2.68 bits per heavy atom. The van der Waals surface area contributed by atoms with Gasteiger partial charge in [-0.15, -0.1) is 0 Å². The van der Waals surface area contributed by atoms with E-state index in [0.717, 1.165) is 22.4 Å². The third kappa shape index (κ3) is 4.99. The first-order valence-electron chi connectivity index (χ1n) is 8.86. The highest BCUT2D eigenvalue weighted by atomic mass is 32.2. The predicted octanol–water partition coefficient (Wildman–Crippen LogP) is 3.91. The number of halogens is 1. The molecule has 0 spiro atoms. The second-order valence-corrected chi connectivity index (χ2v) is 7.50. The lowest BCUT2D eigenvalue weighted by Crippen LogP contribution is -2.16. The quantitative estimate of drug-likeness (QED) is 0.591. The highest BCUT2D eigenvalue weighted by Crippen LogP contribution is 2.22. The molecule has 0 atom stereocenters. The molecule has 2 N–H and O–H groups in total. The number of aliphatic hydroxyl groups is 1. The number of thioether (sulfide) groups is 1. The number of benzene rings is 2. The summed E-state index contributed by atoms with van der Waals surface area (Å²) >= 11 is 1.30. The lowest BCUT2D eigenvalue weighted by molar-refractivity contribution is -0.113. The SMILES string of the molecule is Cc1ccc(C)c(NC(=O)CSc2ncc(CO)n2Cc2ccc(F)cc2)c1. The van der Waals surface area contributed by atoms with Crippen molar-refractivity contribution in [3.63, 3.8) is 0 Å². The van der Waals surface area contributed by atoms with E-state index in [9.17, 15) is 14.3 Å². The fourth-order valence-electron chi connectivity index (χ4n) is 2.76. The minimum absolute atomic E-state index is 0.124. The Morgan fingerprint density at radius 1 is 1.21 bits per heavy atom. The second kappa shape index (κ2) is 9.03. The van der Waals surface area contributed by atoms with E-state index in [1.165, 1.54) is 23.9 Å². The molecule has 1 amide bonds. The Balaban J connectivity index is 1.68. The van der Waals surface area contributed by atoms with Crippen LogP contribution in [0, 0.1) is 19.7 Å². The first-order chi connectivity index (χ1) is 13.5. The fourth-order valence-corrected chi connectivity index (χ4v) is 3.56. The Labute approximate surface area is 167 Å². The molecule has 1 heterocycles. The number of carbonyl (C=O) groups excluding carboxylic acids is 1. The number of aromatic nitrogens is 2. The number of nitrogens with one attached hydrogen (secondary N) is 1. The van der Waals surface area contributed by atoms with E-state index in [0.29, 0.717) is 17.4 Å². The zero-order chi connectivity index (χ0) is 20.1. The number of carbonyl (C=O) groups is 1. The van der Waals surface area contributed by atoms with E-state index in [-0.39, 0.29) is 24.1 Å². The molecule has 0 aliphatic heterocycles. The summed E-state index contributed by atoms with van der Waals surface area (Å²) in [4.78, 5) is 16.7. The maximum Gasteiger partial charge on any atom is 0.234 e. The number of nitrogens with zero attached hydrogens (tertiary/aromatic N) is 2. The molecule has 2 aromatic carbocycles. The summed E-state index contributed by atoms with van der Waals surface area (Å²) in [6.07, 6.45) is 1.59. The van der Waals surface area contributed by atoms with E-state index >= 15 is 0 Å². The predicted molar refractivity (Wildman–Crippen MR) is 109 cm³/mol. The van der Waals surface area contributed by atoms with Crippen LogP contribution >= 0.6 is 11.8 Å². The molecule has 7 heteroatoms. The molecule has 3 rings (SSSR count). The highest BCUT2D eigenvalue weighted by Gasteiger charge is 2.13. The minimum Gasteiger partial charge on any atom is -0.390 e. The Hall–Kier alpha value is -2.64. The van der Waals surface area contributed by atoms with Crippen molar-refractivity contribution in [2.75, 3.05) is 11.1 Å². The summed E-state index contributed by atoms with van der Waals surface area (Å²) in [6, 6.07) is 12.1. The van der Waals surface area contributed by atoms with Gasteiger partial charge in [0.1, 0.15) is 5.82 Å². The number of anilines is 1. The fraction of sp³-hybridized carbons (Fsp3) is 0.238. The number of aryl methyl sites for hydroxylation is 2. The molecule has 1 aromatic heterocycles. The molecule has 5 nitrogen and oxygen atoms in total. The van der Waals surface area contributed by atoms with Crippen LogP contribution in [0.25, 0.3) is 0 Å². The highest BCUT2D eigenvalue weighted by molar-refractivity contribution is 7.99. The molecule has 0 unspecified atom stereocenters. The van der Waals surface area contributed by atoms with Gasteiger partial charge in [0.05, 0.1) is 24.3 Å². The summed E-state index contributed by atoms with van der Waals surface area (Å²) in [7, 11) is 0. The number of amides is 1. The van der Waals surface area contributed by atoms with Crippen molar-refractivity contribution in [2.45, 2.75) is 32.2 Å². The maximum absolute atomic E-state index is 13.1. The van der Waals surface area contributed by atoms with Crippen molar-refractivity contribution in [3.05, 3.63) is 76.9 Å². The van der Waals surface area contributed by atoms with Crippen LogP contribution in [-0.4, -0.2) is 26.3 Å². The summed E-state index contributed by atoms with van der Waals surface area (Å²) in [5, 5.41) is 13.1. The van der Waals surface area contributed by atoms with Gasteiger partial charge in [0, 0.05) is 12.2 Å². The molecule has 0 aliphatic carbocycles. The van der Waals surface area contributed by atoms with Crippen LogP contribution in [0.2, 0.25) is 0 Å². The molecular formula is C21H22FN3O2S. The van der Waals surface area contributed by atoms with Gasteiger partial charge < -0.3 is 15.0 Å². The van der Waals surface area contributed by atoms with Crippen LogP contribution in [0.5, 0.6) is 0 Å². The van der Waals surface area contributed by atoms with Crippen LogP contribution in [0.4, 0.5) is 10.1 Å². The van der Waals surface area contributed by atoms with Gasteiger partial charge in [0.15, 0.2) is 5.16 Å². The number of hydrogen-bond donors (Lipinski definition) is 2. The molecule has 0 fully saturated rings. The van der Waals surface area contributed by atoms with Gasteiger partial charge in [0.25, 0.3) is 0 Å². The average molecular weight is 399 g/mol. The van der Waals surface area contributed by atoms with Crippen molar-refractivity contribution < 1.29 is 14.3 Å². The van der Waals surface area contributed by atoms with E-state index in [2.05, 4.69) is 10.3 Å². The Bertz CT molecular complexity index is 970. The topological polar surface area (TPSA) is 67.2 Å². The average Bonchev–Trinajstić information content (AvgIpc) is 3.06. The van der Waals surface area contributed by atoms with Gasteiger partial charge in [0.2, 0.25) is 5.91 Å².